The molecule has 136 valence electrons. The standard InChI is InChI=1S/C24H25BO2/c1-23(2,26)24(3,4)27-25-19-13-14-21-18(15-19)12-11-17-10-9-16-7-5-6-8-20(16)22(17)21/h5-15,25-26H,1-4H3. The Labute approximate surface area is 161 Å². The zero-order valence-corrected chi connectivity index (χ0v) is 16.4. The maximum absolute atomic E-state index is 10.3. The molecule has 0 unspecified atom stereocenters. The molecule has 0 radical (unpaired) electrons. The maximum atomic E-state index is 10.3. The molecule has 0 atom stereocenters. The van der Waals surface area contributed by atoms with E-state index in [0.29, 0.717) is 7.48 Å². The van der Waals surface area contributed by atoms with Crippen molar-refractivity contribution in [1.29, 1.82) is 0 Å². The summed E-state index contributed by atoms with van der Waals surface area (Å²) in [5.74, 6) is 0. The molecule has 0 saturated carbocycles. The smallest absolute Gasteiger partial charge is 0.309 e. The van der Waals surface area contributed by atoms with Crippen molar-refractivity contribution in [3.05, 3.63) is 66.7 Å². The van der Waals surface area contributed by atoms with Crippen LogP contribution < -0.4 is 5.46 Å². The van der Waals surface area contributed by atoms with Crippen molar-refractivity contribution >= 4 is 45.3 Å². The Bertz CT molecular complexity index is 1140. The van der Waals surface area contributed by atoms with Gasteiger partial charge in [-0.1, -0.05) is 72.2 Å². The lowest BCUT2D eigenvalue weighted by Crippen LogP contribution is -2.49. The lowest BCUT2D eigenvalue weighted by Gasteiger charge is -2.37. The molecule has 0 spiro atoms. The molecule has 4 aromatic rings. The predicted molar refractivity (Wildman–Crippen MR) is 117 cm³/mol. The average molecular weight is 356 g/mol. The van der Waals surface area contributed by atoms with Crippen molar-refractivity contribution < 1.29 is 9.76 Å². The van der Waals surface area contributed by atoms with E-state index in [2.05, 4.69) is 66.7 Å². The Morgan fingerprint density at radius 3 is 2.11 bits per heavy atom. The van der Waals surface area contributed by atoms with E-state index in [0.717, 1.165) is 5.46 Å². The fraction of sp³-hybridized carbons (Fsp3) is 0.250. The third kappa shape index (κ3) is 3.22. The largest absolute Gasteiger partial charge is 0.427 e. The fourth-order valence-corrected chi connectivity index (χ4v) is 3.42. The zero-order chi connectivity index (χ0) is 19.2. The number of fused-ring (bicyclic) bond motifs is 5. The number of hydrogen-bond acceptors (Lipinski definition) is 2. The zero-order valence-electron chi connectivity index (χ0n) is 16.4. The summed E-state index contributed by atoms with van der Waals surface area (Å²) in [5.41, 5.74) is -0.417. The van der Waals surface area contributed by atoms with Crippen molar-refractivity contribution in [1.82, 2.24) is 0 Å². The second kappa shape index (κ2) is 6.37. The first-order valence-corrected chi connectivity index (χ1v) is 9.46. The van der Waals surface area contributed by atoms with E-state index in [1.807, 2.05) is 13.8 Å². The Kier molecular flexibility index (Phi) is 4.25. The van der Waals surface area contributed by atoms with Gasteiger partial charge in [0.2, 0.25) is 0 Å². The molecular formula is C24H25BO2. The van der Waals surface area contributed by atoms with Crippen molar-refractivity contribution in [2.24, 2.45) is 0 Å². The highest BCUT2D eigenvalue weighted by Crippen LogP contribution is 2.31. The Hall–Kier alpha value is -2.36. The minimum Gasteiger partial charge on any atom is -0.427 e. The quantitative estimate of drug-likeness (QED) is 0.425. The minimum atomic E-state index is -0.904. The van der Waals surface area contributed by atoms with Gasteiger partial charge in [0.15, 0.2) is 0 Å². The van der Waals surface area contributed by atoms with Gasteiger partial charge < -0.3 is 9.76 Å². The molecule has 0 heterocycles. The molecule has 3 heteroatoms. The molecule has 4 aromatic carbocycles. The second-order valence-electron chi connectivity index (χ2n) is 8.36. The molecule has 0 saturated heterocycles. The summed E-state index contributed by atoms with van der Waals surface area (Å²) >= 11 is 0. The molecule has 0 aromatic heterocycles. The van der Waals surface area contributed by atoms with Gasteiger partial charge in [-0.15, -0.1) is 0 Å². The van der Waals surface area contributed by atoms with Gasteiger partial charge in [-0.25, -0.2) is 0 Å². The topological polar surface area (TPSA) is 29.5 Å². The van der Waals surface area contributed by atoms with Crippen molar-refractivity contribution in [2.45, 2.75) is 38.9 Å². The van der Waals surface area contributed by atoms with Crippen molar-refractivity contribution in [3.8, 4) is 0 Å². The first kappa shape index (κ1) is 18.0. The molecule has 4 rings (SSSR count). The van der Waals surface area contributed by atoms with Crippen LogP contribution in [0.3, 0.4) is 0 Å². The average Bonchev–Trinajstić information content (AvgIpc) is 2.64. The van der Waals surface area contributed by atoms with E-state index in [1.54, 1.807) is 13.8 Å². The molecule has 0 amide bonds. The molecule has 0 bridgehead atoms. The molecule has 0 fully saturated rings. The van der Waals surface area contributed by atoms with Crippen LogP contribution >= 0.6 is 0 Å². The summed E-state index contributed by atoms with van der Waals surface area (Å²) in [6.45, 7) is 7.41. The summed E-state index contributed by atoms with van der Waals surface area (Å²) < 4.78 is 6.04. The maximum Gasteiger partial charge on any atom is 0.309 e. The summed E-state index contributed by atoms with van der Waals surface area (Å²) in [6.07, 6.45) is 0. The first-order chi connectivity index (χ1) is 12.8. The number of rotatable bonds is 4. The van der Waals surface area contributed by atoms with Crippen LogP contribution in [0.4, 0.5) is 0 Å². The van der Waals surface area contributed by atoms with E-state index in [9.17, 15) is 5.11 Å². The van der Waals surface area contributed by atoms with Gasteiger partial charge in [0.05, 0.1) is 11.2 Å². The number of hydrogen-bond donors (Lipinski definition) is 1. The molecular weight excluding hydrogens is 331 g/mol. The number of benzene rings is 4. The van der Waals surface area contributed by atoms with Gasteiger partial charge >= 0.3 is 7.48 Å². The van der Waals surface area contributed by atoms with Gasteiger partial charge in [-0.3, -0.25) is 0 Å². The lowest BCUT2D eigenvalue weighted by molar-refractivity contribution is -0.0893. The molecule has 27 heavy (non-hydrogen) atoms. The Morgan fingerprint density at radius 1 is 0.741 bits per heavy atom. The SMILES string of the molecule is CC(C)(O)C(C)(C)OBc1ccc2c(ccc3ccc4ccccc4c32)c1. The predicted octanol–water partition coefficient (Wildman–Crippen LogP) is 4.69. The lowest BCUT2D eigenvalue weighted by atomic mass is 9.81. The van der Waals surface area contributed by atoms with E-state index in [-0.39, 0.29) is 0 Å². The monoisotopic (exact) mass is 356 g/mol. The van der Waals surface area contributed by atoms with E-state index in [1.165, 1.54) is 32.3 Å². The molecule has 2 nitrogen and oxygen atoms in total. The van der Waals surface area contributed by atoms with Gasteiger partial charge in [-0.05, 0) is 60.0 Å². The van der Waals surface area contributed by atoms with E-state index < -0.39 is 11.2 Å². The summed E-state index contributed by atoms with van der Waals surface area (Å²) in [6, 6.07) is 23.8. The summed E-state index contributed by atoms with van der Waals surface area (Å²) in [5, 5.41) is 17.9. The summed E-state index contributed by atoms with van der Waals surface area (Å²) in [4.78, 5) is 0. The van der Waals surface area contributed by atoms with E-state index >= 15 is 0 Å². The molecule has 0 aliphatic carbocycles. The Balaban J connectivity index is 1.78. The van der Waals surface area contributed by atoms with Crippen molar-refractivity contribution in [2.75, 3.05) is 0 Å². The van der Waals surface area contributed by atoms with Crippen LogP contribution in [0.25, 0.3) is 32.3 Å². The van der Waals surface area contributed by atoms with Crippen LogP contribution in [0.15, 0.2) is 66.7 Å². The highest BCUT2D eigenvalue weighted by atomic mass is 16.5. The van der Waals surface area contributed by atoms with Crippen LogP contribution in [0.2, 0.25) is 0 Å². The normalized spacial score (nSPS) is 12.8. The van der Waals surface area contributed by atoms with Crippen LogP contribution in [-0.2, 0) is 4.65 Å². The highest BCUT2D eigenvalue weighted by Gasteiger charge is 2.35. The van der Waals surface area contributed by atoms with Crippen LogP contribution in [-0.4, -0.2) is 23.8 Å². The Morgan fingerprint density at radius 2 is 1.37 bits per heavy atom. The second-order valence-corrected chi connectivity index (χ2v) is 8.36. The van der Waals surface area contributed by atoms with Crippen LogP contribution in [0.5, 0.6) is 0 Å². The molecule has 0 aliphatic rings. The first-order valence-electron chi connectivity index (χ1n) is 9.46. The molecule has 0 aliphatic heterocycles. The van der Waals surface area contributed by atoms with Crippen molar-refractivity contribution in [3.63, 3.8) is 0 Å². The van der Waals surface area contributed by atoms with Gasteiger partial charge in [-0.2, -0.15) is 0 Å². The van der Waals surface area contributed by atoms with Gasteiger partial charge in [0.25, 0.3) is 0 Å². The number of aliphatic hydroxyl groups is 1. The highest BCUT2D eigenvalue weighted by molar-refractivity contribution is 6.47. The van der Waals surface area contributed by atoms with Crippen LogP contribution in [0.1, 0.15) is 27.7 Å². The third-order valence-corrected chi connectivity index (χ3v) is 5.86. The summed E-state index contributed by atoms with van der Waals surface area (Å²) in [7, 11) is 0.473. The third-order valence-electron chi connectivity index (χ3n) is 5.86. The fourth-order valence-electron chi connectivity index (χ4n) is 3.42. The van der Waals surface area contributed by atoms with E-state index in [4.69, 9.17) is 4.65 Å². The molecule has 1 N–H and O–H groups in total. The minimum absolute atomic E-state index is 0.473. The van der Waals surface area contributed by atoms with Gasteiger partial charge in [0.1, 0.15) is 0 Å². The van der Waals surface area contributed by atoms with Gasteiger partial charge in [0, 0.05) is 0 Å². The van der Waals surface area contributed by atoms with Crippen LogP contribution in [0, 0.1) is 0 Å².